The van der Waals surface area contributed by atoms with Gasteiger partial charge in [0.05, 0.1) is 0 Å². The Morgan fingerprint density at radius 2 is 1.78 bits per heavy atom. The van der Waals surface area contributed by atoms with E-state index in [1.807, 2.05) is 6.92 Å². The fourth-order valence-electron chi connectivity index (χ4n) is 1.27. The maximum Gasteiger partial charge on any atom is 0.414 e. The van der Waals surface area contributed by atoms with Gasteiger partial charge in [-0.3, -0.25) is 0 Å². The highest BCUT2D eigenvalue weighted by Crippen LogP contribution is 2.19. The number of piperazine rings is 1. The minimum atomic E-state index is -1.82. The average Bonchev–Trinajstić information content (AvgIpc) is 2.78. The van der Waals surface area contributed by atoms with Crippen LogP contribution in [0.25, 0.3) is 0 Å². The lowest BCUT2D eigenvalue weighted by atomic mass is 10.4. The number of anilines is 1. The molecule has 1 aromatic rings. The van der Waals surface area contributed by atoms with Crippen LogP contribution in [0, 0.1) is 6.92 Å². The molecule has 0 spiro atoms. The van der Waals surface area contributed by atoms with E-state index in [2.05, 4.69) is 20.4 Å². The molecule has 8 nitrogen and oxygen atoms in total. The summed E-state index contributed by atoms with van der Waals surface area (Å²) in [6.45, 7) is 6.20. The first-order valence-electron chi connectivity index (χ1n) is 5.22. The monoisotopic (exact) mass is 274 g/mol. The summed E-state index contributed by atoms with van der Waals surface area (Å²) in [5.74, 6) is -3.65. The fraction of sp³-hybridized carbons (Fsp3) is 0.556. The Bertz CT molecular complexity index is 404. The van der Waals surface area contributed by atoms with E-state index < -0.39 is 11.9 Å². The predicted molar refractivity (Wildman–Crippen MR) is 65.0 cm³/mol. The molecular formula is C9H14N4O4S. The number of nitrogens with one attached hydrogen (secondary N) is 1. The summed E-state index contributed by atoms with van der Waals surface area (Å²) in [6.07, 6.45) is 0. The van der Waals surface area contributed by atoms with E-state index >= 15 is 0 Å². The number of aromatic nitrogens is 2. The third-order valence-corrected chi connectivity index (χ3v) is 2.99. The van der Waals surface area contributed by atoms with Crippen molar-refractivity contribution in [3.05, 3.63) is 5.01 Å². The van der Waals surface area contributed by atoms with Gasteiger partial charge in [-0.05, 0) is 6.92 Å². The molecule has 0 unspecified atom stereocenters. The molecule has 0 bridgehead atoms. The molecule has 1 aliphatic rings. The Morgan fingerprint density at radius 3 is 2.17 bits per heavy atom. The number of carboxylic acid groups (broad SMARTS) is 2. The third-order valence-electron chi connectivity index (χ3n) is 2.09. The Morgan fingerprint density at radius 1 is 1.22 bits per heavy atom. The van der Waals surface area contributed by atoms with Gasteiger partial charge in [0, 0.05) is 26.2 Å². The normalized spacial score (nSPS) is 14.6. The van der Waals surface area contributed by atoms with Crippen LogP contribution in [0.15, 0.2) is 0 Å². The number of aliphatic carboxylic acids is 2. The second-order valence-corrected chi connectivity index (χ2v) is 4.61. The molecule has 18 heavy (non-hydrogen) atoms. The Labute approximate surface area is 107 Å². The maximum absolute atomic E-state index is 9.10. The molecule has 0 amide bonds. The first-order valence-corrected chi connectivity index (χ1v) is 6.04. The van der Waals surface area contributed by atoms with Crippen molar-refractivity contribution in [3.63, 3.8) is 0 Å². The van der Waals surface area contributed by atoms with Crippen LogP contribution in [0.1, 0.15) is 5.01 Å². The molecule has 1 saturated heterocycles. The molecule has 1 fully saturated rings. The topological polar surface area (TPSA) is 116 Å². The van der Waals surface area contributed by atoms with Gasteiger partial charge in [-0.1, -0.05) is 11.3 Å². The predicted octanol–water partition coefficient (Wildman–Crippen LogP) is -0.588. The maximum atomic E-state index is 9.10. The second kappa shape index (κ2) is 6.87. The molecule has 0 radical (unpaired) electrons. The van der Waals surface area contributed by atoms with Crippen LogP contribution in [0.3, 0.4) is 0 Å². The van der Waals surface area contributed by atoms with Gasteiger partial charge in [0.15, 0.2) is 0 Å². The number of aryl methyl sites for hydroxylation is 1. The number of carboxylic acids is 2. The summed E-state index contributed by atoms with van der Waals surface area (Å²) < 4.78 is 0. The number of hydrogen-bond acceptors (Lipinski definition) is 7. The SMILES string of the molecule is Cc1nnc(N2CCNCC2)s1.O=C(O)C(=O)O. The van der Waals surface area contributed by atoms with Crippen molar-refractivity contribution in [2.24, 2.45) is 0 Å². The number of carbonyl (C=O) groups is 2. The summed E-state index contributed by atoms with van der Waals surface area (Å²) in [5, 5.41) is 28.3. The van der Waals surface area contributed by atoms with Gasteiger partial charge in [0.1, 0.15) is 5.01 Å². The van der Waals surface area contributed by atoms with Crippen LogP contribution in [0.2, 0.25) is 0 Å². The molecular weight excluding hydrogens is 260 g/mol. The molecule has 2 rings (SSSR count). The van der Waals surface area contributed by atoms with E-state index in [0.29, 0.717) is 0 Å². The van der Waals surface area contributed by atoms with Gasteiger partial charge in [-0.2, -0.15) is 0 Å². The molecule has 100 valence electrons. The van der Waals surface area contributed by atoms with Crippen molar-refractivity contribution in [2.75, 3.05) is 31.1 Å². The molecule has 0 aliphatic carbocycles. The summed E-state index contributed by atoms with van der Waals surface area (Å²) in [7, 11) is 0. The van der Waals surface area contributed by atoms with Crippen LogP contribution >= 0.6 is 11.3 Å². The highest BCUT2D eigenvalue weighted by atomic mass is 32.1. The molecule has 9 heteroatoms. The zero-order chi connectivity index (χ0) is 13.5. The summed E-state index contributed by atoms with van der Waals surface area (Å²) >= 11 is 1.67. The van der Waals surface area contributed by atoms with Gasteiger partial charge in [0.2, 0.25) is 5.13 Å². The number of nitrogens with zero attached hydrogens (tertiary/aromatic N) is 3. The van der Waals surface area contributed by atoms with Crippen molar-refractivity contribution >= 4 is 28.4 Å². The standard InChI is InChI=1S/C7H12N4S.C2H2O4/c1-6-9-10-7(12-6)11-4-2-8-3-5-11;3-1(4)2(5)6/h8H,2-5H2,1H3;(H,3,4)(H,5,6). The third kappa shape index (κ3) is 4.63. The fourth-order valence-corrected chi connectivity index (χ4v) is 2.01. The highest BCUT2D eigenvalue weighted by Gasteiger charge is 2.13. The van der Waals surface area contributed by atoms with E-state index in [1.54, 1.807) is 11.3 Å². The molecule has 2 heterocycles. The summed E-state index contributed by atoms with van der Waals surface area (Å²) in [4.78, 5) is 20.5. The lowest BCUT2D eigenvalue weighted by Gasteiger charge is -2.26. The van der Waals surface area contributed by atoms with Gasteiger partial charge in [-0.15, -0.1) is 10.2 Å². The van der Waals surface area contributed by atoms with Crippen LogP contribution < -0.4 is 10.2 Å². The van der Waals surface area contributed by atoms with Crippen molar-refractivity contribution < 1.29 is 19.8 Å². The summed E-state index contributed by atoms with van der Waals surface area (Å²) in [5.41, 5.74) is 0. The van der Waals surface area contributed by atoms with E-state index in [0.717, 1.165) is 36.3 Å². The molecule has 0 saturated carbocycles. The quantitative estimate of drug-likeness (QED) is 0.582. The van der Waals surface area contributed by atoms with Gasteiger partial charge >= 0.3 is 11.9 Å². The van der Waals surface area contributed by atoms with Crippen LogP contribution in [0.4, 0.5) is 5.13 Å². The lowest BCUT2D eigenvalue weighted by Crippen LogP contribution is -2.43. The Kier molecular flexibility index (Phi) is 5.46. The van der Waals surface area contributed by atoms with E-state index in [9.17, 15) is 0 Å². The van der Waals surface area contributed by atoms with Gasteiger partial charge in [-0.25, -0.2) is 9.59 Å². The van der Waals surface area contributed by atoms with Crippen LogP contribution in [-0.2, 0) is 9.59 Å². The largest absolute Gasteiger partial charge is 0.473 e. The number of hydrogen-bond donors (Lipinski definition) is 3. The van der Waals surface area contributed by atoms with E-state index in [1.165, 1.54) is 0 Å². The zero-order valence-corrected chi connectivity index (χ0v) is 10.6. The van der Waals surface area contributed by atoms with Crippen molar-refractivity contribution in [1.82, 2.24) is 15.5 Å². The zero-order valence-electron chi connectivity index (χ0n) is 9.79. The minimum absolute atomic E-state index is 1.04. The minimum Gasteiger partial charge on any atom is -0.473 e. The summed E-state index contributed by atoms with van der Waals surface area (Å²) in [6, 6.07) is 0. The van der Waals surface area contributed by atoms with E-state index in [4.69, 9.17) is 19.8 Å². The second-order valence-electron chi connectivity index (χ2n) is 3.45. The smallest absolute Gasteiger partial charge is 0.414 e. The van der Waals surface area contributed by atoms with Gasteiger partial charge < -0.3 is 20.4 Å². The molecule has 0 atom stereocenters. The molecule has 1 aromatic heterocycles. The first kappa shape index (κ1) is 14.3. The molecule has 1 aliphatic heterocycles. The molecule has 0 aromatic carbocycles. The molecule has 3 N–H and O–H groups in total. The van der Waals surface area contributed by atoms with Crippen molar-refractivity contribution in [3.8, 4) is 0 Å². The van der Waals surface area contributed by atoms with Gasteiger partial charge in [0.25, 0.3) is 0 Å². The Balaban J connectivity index is 0.000000232. The van der Waals surface area contributed by atoms with Crippen molar-refractivity contribution in [1.29, 1.82) is 0 Å². The average molecular weight is 274 g/mol. The lowest BCUT2D eigenvalue weighted by molar-refractivity contribution is -0.159. The first-order chi connectivity index (χ1) is 8.50. The van der Waals surface area contributed by atoms with Crippen LogP contribution in [0.5, 0.6) is 0 Å². The Hall–Kier alpha value is -1.74. The van der Waals surface area contributed by atoms with Crippen molar-refractivity contribution in [2.45, 2.75) is 6.92 Å². The van der Waals surface area contributed by atoms with Crippen LogP contribution in [-0.4, -0.2) is 58.5 Å². The number of rotatable bonds is 1. The highest BCUT2D eigenvalue weighted by molar-refractivity contribution is 7.15. The van der Waals surface area contributed by atoms with E-state index in [-0.39, 0.29) is 0 Å².